The lowest BCUT2D eigenvalue weighted by molar-refractivity contribution is -0.396. The van der Waals surface area contributed by atoms with E-state index >= 15 is 0 Å². The molecule has 2 heterocycles. The second kappa shape index (κ2) is 8.73. The second-order valence-corrected chi connectivity index (χ2v) is 10.3. The SMILES string of the molecule is O=[N+]([O-])c1ccc(S(=O)(=O)N2CCC(N3COCc4cc(Br)ccc43)CC2)c([N+](=O)[O-])c1. The van der Waals surface area contributed by atoms with Crippen LogP contribution in [0.4, 0.5) is 17.1 Å². The van der Waals surface area contributed by atoms with E-state index in [2.05, 4.69) is 20.8 Å². The van der Waals surface area contributed by atoms with Gasteiger partial charge in [-0.05, 0) is 37.1 Å². The summed E-state index contributed by atoms with van der Waals surface area (Å²) in [5, 5.41) is 22.3. The third-order valence-electron chi connectivity index (χ3n) is 5.67. The molecule has 2 aliphatic heterocycles. The maximum Gasteiger partial charge on any atom is 0.296 e. The second-order valence-electron chi connectivity index (χ2n) is 7.52. The predicted octanol–water partition coefficient (Wildman–Crippen LogP) is 3.41. The molecule has 1 saturated heterocycles. The van der Waals surface area contributed by atoms with Gasteiger partial charge in [-0.2, -0.15) is 4.31 Å². The lowest BCUT2D eigenvalue weighted by Crippen LogP contribution is -2.48. The Morgan fingerprint density at radius 2 is 1.75 bits per heavy atom. The van der Waals surface area contributed by atoms with Gasteiger partial charge in [0, 0.05) is 40.9 Å². The standard InChI is InChI=1S/C19H19BrN4O7S/c20-14-1-3-17-13(9-14)11-31-12-22(17)15-5-7-21(8-6-15)32(29,30)19-4-2-16(23(25)26)10-18(19)24(27)28/h1-4,9-10,15H,5-8,11-12H2. The van der Waals surface area contributed by atoms with Crippen LogP contribution in [-0.4, -0.2) is 48.4 Å². The van der Waals surface area contributed by atoms with Gasteiger partial charge >= 0.3 is 0 Å². The summed E-state index contributed by atoms with van der Waals surface area (Å²) in [7, 11) is -4.19. The quantitative estimate of drug-likeness (QED) is 0.426. The minimum absolute atomic E-state index is 0.0496. The van der Waals surface area contributed by atoms with Crippen molar-refractivity contribution in [2.75, 3.05) is 24.7 Å². The van der Waals surface area contributed by atoms with Crippen molar-refractivity contribution in [1.82, 2.24) is 4.31 Å². The molecule has 4 rings (SSSR count). The highest BCUT2D eigenvalue weighted by atomic mass is 79.9. The Hall–Kier alpha value is -2.61. The molecule has 0 bridgehead atoms. The Kier molecular flexibility index (Phi) is 6.16. The van der Waals surface area contributed by atoms with Crippen LogP contribution in [0, 0.1) is 20.2 Å². The molecule has 0 spiro atoms. The minimum Gasteiger partial charge on any atom is -0.356 e. The van der Waals surface area contributed by atoms with Crippen molar-refractivity contribution in [2.45, 2.75) is 30.4 Å². The topological polar surface area (TPSA) is 136 Å². The number of nitro benzene ring substituents is 2. The first-order valence-corrected chi connectivity index (χ1v) is 12.0. The molecule has 0 aliphatic carbocycles. The van der Waals surface area contributed by atoms with Gasteiger partial charge in [0.2, 0.25) is 10.0 Å². The van der Waals surface area contributed by atoms with E-state index in [4.69, 9.17) is 4.74 Å². The molecule has 11 nitrogen and oxygen atoms in total. The fraction of sp³-hybridized carbons (Fsp3) is 0.368. The van der Waals surface area contributed by atoms with Crippen LogP contribution in [0.2, 0.25) is 0 Å². The molecule has 1 fully saturated rings. The first-order chi connectivity index (χ1) is 15.2. The third kappa shape index (κ3) is 4.20. The summed E-state index contributed by atoms with van der Waals surface area (Å²) < 4.78 is 34.1. The first kappa shape index (κ1) is 22.6. The van der Waals surface area contributed by atoms with Gasteiger partial charge in [0.15, 0.2) is 4.90 Å². The molecule has 0 saturated carbocycles. The lowest BCUT2D eigenvalue weighted by atomic mass is 10.0. The summed E-state index contributed by atoms with van der Waals surface area (Å²) in [5.74, 6) is 0. The molecule has 2 aliphatic rings. The van der Waals surface area contributed by atoms with Gasteiger partial charge < -0.3 is 9.64 Å². The number of hydrogen-bond donors (Lipinski definition) is 0. The van der Waals surface area contributed by atoms with E-state index in [1.807, 2.05) is 18.2 Å². The van der Waals surface area contributed by atoms with Crippen molar-refractivity contribution in [3.05, 3.63) is 66.7 Å². The third-order valence-corrected chi connectivity index (χ3v) is 8.11. The Bertz CT molecular complexity index is 1180. The predicted molar refractivity (Wildman–Crippen MR) is 118 cm³/mol. The van der Waals surface area contributed by atoms with Crippen LogP contribution in [0.25, 0.3) is 0 Å². The number of anilines is 1. The molecular formula is C19H19BrN4O7S. The largest absolute Gasteiger partial charge is 0.356 e. The van der Waals surface area contributed by atoms with Crippen LogP contribution >= 0.6 is 15.9 Å². The van der Waals surface area contributed by atoms with Crippen LogP contribution < -0.4 is 4.90 Å². The molecule has 0 atom stereocenters. The molecule has 0 aromatic heterocycles. The van der Waals surface area contributed by atoms with E-state index in [1.54, 1.807) is 0 Å². The fourth-order valence-corrected chi connectivity index (χ4v) is 6.10. The normalized spacial score (nSPS) is 17.7. The summed E-state index contributed by atoms with van der Waals surface area (Å²) in [6, 6.07) is 8.58. The number of nitrogens with zero attached hydrogens (tertiary/aromatic N) is 4. The molecule has 0 unspecified atom stereocenters. The van der Waals surface area contributed by atoms with Crippen molar-refractivity contribution in [2.24, 2.45) is 0 Å². The number of fused-ring (bicyclic) bond motifs is 1. The molecule has 2 aromatic carbocycles. The zero-order valence-electron chi connectivity index (χ0n) is 16.7. The number of halogens is 1. The number of non-ortho nitro benzene ring substituents is 1. The smallest absolute Gasteiger partial charge is 0.296 e. The minimum atomic E-state index is -4.19. The monoisotopic (exact) mass is 526 g/mol. The van der Waals surface area contributed by atoms with E-state index in [0.29, 0.717) is 32.2 Å². The Labute approximate surface area is 192 Å². The molecule has 0 N–H and O–H groups in total. The van der Waals surface area contributed by atoms with Gasteiger partial charge in [0.05, 0.1) is 22.5 Å². The Morgan fingerprint density at radius 1 is 1.03 bits per heavy atom. The zero-order chi connectivity index (χ0) is 23.0. The van der Waals surface area contributed by atoms with E-state index < -0.39 is 36.1 Å². The molecule has 32 heavy (non-hydrogen) atoms. The van der Waals surface area contributed by atoms with E-state index in [0.717, 1.165) is 27.9 Å². The molecule has 13 heteroatoms. The van der Waals surface area contributed by atoms with Gasteiger partial charge in [0.1, 0.15) is 6.73 Å². The maximum atomic E-state index is 13.1. The molecule has 0 amide bonds. The maximum absolute atomic E-state index is 13.1. The molecule has 2 aromatic rings. The average molecular weight is 527 g/mol. The summed E-state index contributed by atoms with van der Waals surface area (Å²) in [5.41, 5.74) is 0.754. The lowest BCUT2D eigenvalue weighted by Gasteiger charge is -2.41. The fourth-order valence-electron chi connectivity index (χ4n) is 4.09. The average Bonchev–Trinajstić information content (AvgIpc) is 2.78. The van der Waals surface area contributed by atoms with Crippen molar-refractivity contribution in [3.8, 4) is 0 Å². The van der Waals surface area contributed by atoms with Crippen molar-refractivity contribution in [3.63, 3.8) is 0 Å². The highest BCUT2D eigenvalue weighted by Crippen LogP contribution is 2.35. The van der Waals surface area contributed by atoms with Gasteiger partial charge in [0.25, 0.3) is 11.4 Å². The number of hydrogen-bond acceptors (Lipinski definition) is 8. The number of sulfonamides is 1. The molecule has 0 radical (unpaired) electrons. The van der Waals surface area contributed by atoms with E-state index in [1.165, 1.54) is 4.31 Å². The summed E-state index contributed by atoms with van der Waals surface area (Å²) >= 11 is 3.45. The van der Waals surface area contributed by atoms with Gasteiger partial charge in [-0.15, -0.1) is 0 Å². The highest BCUT2D eigenvalue weighted by molar-refractivity contribution is 9.10. The van der Waals surface area contributed by atoms with Crippen LogP contribution in [0.15, 0.2) is 45.8 Å². The van der Waals surface area contributed by atoms with Crippen LogP contribution in [0.3, 0.4) is 0 Å². The summed E-state index contributed by atoms with van der Waals surface area (Å²) in [4.78, 5) is 22.2. The van der Waals surface area contributed by atoms with Crippen LogP contribution in [0.1, 0.15) is 18.4 Å². The van der Waals surface area contributed by atoms with Gasteiger partial charge in [-0.25, -0.2) is 8.42 Å². The Morgan fingerprint density at radius 3 is 2.41 bits per heavy atom. The van der Waals surface area contributed by atoms with Crippen LogP contribution in [0.5, 0.6) is 0 Å². The summed E-state index contributed by atoms with van der Waals surface area (Å²) in [6.45, 7) is 1.25. The van der Waals surface area contributed by atoms with Gasteiger partial charge in [-0.3, -0.25) is 20.2 Å². The number of rotatable bonds is 5. The molecular weight excluding hydrogens is 508 g/mol. The van der Waals surface area contributed by atoms with Crippen molar-refractivity contribution < 1.29 is 23.0 Å². The van der Waals surface area contributed by atoms with E-state index in [9.17, 15) is 28.6 Å². The zero-order valence-corrected chi connectivity index (χ0v) is 19.1. The van der Waals surface area contributed by atoms with Crippen molar-refractivity contribution in [1.29, 1.82) is 0 Å². The molecule has 170 valence electrons. The number of ether oxygens (including phenoxy) is 1. The first-order valence-electron chi connectivity index (χ1n) is 9.74. The van der Waals surface area contributed by atoms with E-state index in [-0.39, 0.29) is 19.1 Å². The van der Waals surface area contributed by atoms with Crippen LogP contribution in [-0.2, 0) is 21.4 Å². The highest BCUT2D eigenvalue weighted by Gasteiger charge is 2.37. The van der Waals surface area contributed by atoms with Crippen molar-refractivity contribution >= 4 is 43.0 Å². The Balaban J connectivity index is 1.54. The number of nitro groups is 2. The number of benzene rings is 2. The number of piperidine rings is 1. The van der Waals surface area contributed by atoms with Gasteiger partial charge in [-0.1, -0.05) is 15.9 Å². The summed E-state index contributed by atoms with van der Waals surface area (Å²) in [6.07, 6.45) is 1.03.